The van der Waals surface area contributed by atoms with E-state index in [-0.39, 0.29) is 6.04 Å². The van der Waals surface area contributed by atoms with Crippen molar-refractivity contribution in [1.29, 1.82) is 0 Å². The molecular formula is C23H21Cl2N5O2S. The van der Waals surface area contributed by atoms with Crippen LogP contribution in [0.2, 0.25) is 10.0 Å². The molecule has 0 aliphatic carbocycles. The van der Waals surface area contributed by atoms with Crippen LogP contribution in [0.1, 0.15) is 18.9 Å². The Morgan fingerprint density at radius 1 is 1.03 bits per heavy atom. The van der Waals surface area contributed by atoms with Crippen molar-refractivity contribution >= 4 is 45.4 Å². The molecule has 4 heterocycles. The van der Waals surface area contributed by atoms with Gasteiger partial charge in [0.1, 0.15) is 27.9 Å². The molecule has 4 aromatic rings. The number of pyridine rings is 2. The molecule has 0 saturated carbocycles. The van der Waals surface area contributed by atoms with E-state index in [4.69, 9.17) is 32.9 Å². The number of imidazole rings is 1. The summed E-state index contributed by atoms with van der Waals surface area (Å²) in [6, 6.07) is 12.8. The summed E-state index contributed by atoms with van der Waals surface area (Å²) in [7, 11) is 0.254. The number of methoxy groups -OCH3 is 1. The molecule has 5 rings (SSSR count). The van der Waals surface area contributed by atoms with E-state index in [9.17, 15) is 4.21 Å². The Hall–Kier alpha value is -2.52. The van der Waals surface area contributed by atoms with Crippen LogP contribution in [0, 0.1) is 0 Å². The standard InChI is InChI=1S/C23H21Cl2N5O2S/c1-32-20-7-6-16(14-18(20)25)33(31)29-12-8-15(9-13-29)30-22-19(5-3-11-27-22)28-23(30)21-17(24)4-2-10-26-21/h2-7,10-11,14-15H,8-9,12-13H2,1H3. The Morgan fingerprint density at radius 2 is 1.79 bits per heavy atom. The molecule has 0 spiro atoms. The van der Waals surface area contributed by atoms with Crippen LogP contribution in [-0.4, -0.2) is 48.2 Å². The highest BCUT2D eigenvalue weighted by molar-refractivity contribution is 7.82. The lowest BCUT2D eigenvalue weighted by molar-refractivity contribution is 0.287. The quantitative estimate of drug-likeness (QED) is 0.377. The van der Waals surface area contributed by atoms with Gasteiger partial charge in [-0.2, -0.15) is 0 Å². The maximum atomic E-state index is 13.2. The van der Waals surface area contributed by atoms with Gasteiger partial charge in [-0.1, -0.05) is 23.2 Å². The topological polar surface area (TPSA) is 73.1 Å². The van der Waals surface area contributed by atoms with Gasteiger partial charge in [0.25, 0.3) is 0 Å². The van der Waals surface area contributed by atoms with E-state index in [2.05, 4.69) is 14.5 Å². The number of fused-ring (bicyclic) bond motifs is 1. The Bertz CT molecular complexity index is 1340. The zero-order valence-corrected chi connectivity index (χ0v) is 20.1. The normalized spacial score (nSPS) is 16.2. The van der Waals surface area contributed by atoms with Crippen molar-refractivity contribution in [3.63, 3.8) is 0 Å². The average Bonchev–Trinajstić information content (AvgIpc) is 3.23. The van der Waals surface area contributed by atoms with Gasteiger partial charge in [-0.3, -0.25) is 4.98 Å². The molecule has 1 saturated heterocycles. The van der Waals surface area contributed by atoms with Gasteiger partial charge in [0.05, 0.1) is 22.1 Å². The van der Waals surface area contributed by atoms with Gasteiger partial charge in [0.2, 0.25) is 0 Å². The number of halogens is 2. The van der Waals surface area contributed by atoms with Crippen LogP contribution >= 0.6 is 23.2 Å². The second kappa shape index (κ2) is 9.38. The van der Waals surface area contributed by atoms with Crippen LogP contribution in [-0.2, 0) is 11.0 Å². The Morgan fingerprint density at radius 3 is 2.52 bits per heavy atom. The number of rotatable bonds is 5. The zero-order valence-electron chi connectivity index (χ0n) is 17.8. The first-order valence-electron chi connectivity index (χ1n) is 10.5. The van der Waals surface area contributed by atoms with E-state index >= 15 is 0 Å². The van der Waals surface area contributed by atoms with Crippen LogP contribution in [0.25, 0.3) is 22.7 Å². The largest absolute Gasteiger partial charge is 0.495 e. The van der Waals surface area contributed by atoms with Gasteiger partial charge in [-0.15, -0.1) is 0 Å². The maximum Gasteiger partial charge on any atom is 0.162 e. The predicted octanol–water partition coefficient (Wildman–Crippen LogP) is 5.17. The summed E-state index contributed by atoms with van der Waals surface area (Å²) in [5.74, 6) is 1.27. The fourth-order valence-electron chi connectivity index (χ4n) is 4.16. The molecule has 1 fully saturated rings. The molecule has 1 aromatic carbocycles. The summed E-state index contributed by atoms with van der Waals surface area (Å²) >= 11 is 12.7. The van der Waals surface area contributed by atoms with Crippen LogP contribution < -0.4 is 4.74 Å². The number of nitrogens with zero attached hydrogens (tertiary/aromatic N) is 5. The first kappa shape index (κ1) is 22.3. The zero-order chi connectivity index (χ0) is 22.9. The highest BCUT2D eigenvalue weighted by atomic mass is 35.5. The Kier molecular flexibility index (Phi) is 6.34. The van der Waals surface area contributed by atoms with E-state index in [0.717, 1.165) is 24.0 Å². The molecule has 0 bridgehead atoms. The molecule has 33 heavy (non-hydrogen) atoms. The summed E-state index contributed by atoms with van der Waals surface area (Å²) in [6.07, 6.45) is 5.05. The number of benzene rings is 1. The van der Waals surface area contributed by atoms with E-state index in [1.807, 2.05) is 22.5 Å². The van der Waals surface area contributed by atoms with E-state index in [1.165, 1.54) is 0 Å². The predicted molar refractivity (Wildman–Crippen MR) is 130 cm³/mol. The average molecular weight is 502 g/mol. The van der Waals surface area contributed by atoms with Gasteiger partial charge < -0.3 is 9.30 Å². The number of piperidine rings is 1. The third-order valence-electron chi connectivity index (χ3n) is 5.77. The number of aromatic nitrogens is 4. The Labute approximate surface area is 203 Å². The summed E-state index contributed by atoms with van der Waals surface area (Å²) in [5, 5.41) is 0.995. The second-order valence-electron chi connectivity index (χ2n) is 7.69. The minimum atomic E-state index is -1.30. The summed E-state index contributed by atoms with van der Waals surface area (Å²) in [6.45, 7) is 1.31. The first-order valence-corrected chi connectivity index (χ1v) is 12.4. The minimum absolute atomic E-state index is 0.130. The van der Waals surface area contributed by atoms with E-state index < -0.39 is 11.0 Å². The molecule has 0 N–H and O–H groups in total. The van der Waals surface area contributed by atoms with Crippen LogP contribution in [0.3, 0.4) is 0 Å². The molecule has 0 radical (unpaired) electrons. The molecule has 3 aromatic heterocycles. The molecule has 7 nitrogen and oxygen atoms in total. The highest BCUT2D eigenvalue weighted by Gasteiger charge is 2.29. The van der Waals surface area contributed by atoms with Crippen molar-refractivity contribution in [3.05, 3.63) is 64.9 Å². The molecule has 1 unspecified atom stereocenters. The fraction of sp³-hybridized carbons (Fsp3) is 0.261. The minimum Gasteiger partial charge on any atom is -0.495 e. The lowest BCUT2D eigenvalue weighted by Crippen LogP contribution is -2.36. The van der Waals surface area contributed by atoms with Gasteiger partial charge >= 0.3 is 0 Å². The molecule has 170 valence electrons. The molecule has 0 amide bonds. The third-order valence-corrected chi connectivity index (χ3v) is 7.86. The van der Waals surface area contributed by atoms with Gasteiger partial charge in [0, 0.05) is 31.5 Å². The summed E-state index contributed by atoms with van der Waals surface area (Å²) < 4.78 is 22.5. The maximum absolute atomic E-state index is 13.2. The molecule has 1 aliphatic heterocycles. The number of hydrogen-bond donors (Lipinski definition) is 0. The first-order chi connectivity index (χ1) is 16.1. The van der Waals surface area contributed by atoms with E-state index in [0.29, 0.717) is 45.3 Å². The molecule has 10 heteroatoms. The summed E-state index contributed by atoms with van der Waals surface area (Å²) in [5.41, 5.74) is 2.24. The van der Waals surface area contributed by atoms with Crippen molar-refractivity contribution in [3.8, 4) is 17.3 Å². The van der Waals surface area contributed by atoms with Crippen molar-refractivity contribution in [2.24, 2.45) is 0 Å². The number of hydrogen-bond acceptors (Lipinski definition) is 5. The monoisotopic (exact) mass is 501 g/mol. The Balaban J connectivity index is 1.42. The molecule has 1 atom stereocenters. The van der Waals surface area contributed by atoms with Crippen molar-refractivity contribution < 1.29 is 8.95 Å². The van der Waals surface area contributed by atoms with Crippen molar-refractivity contribution in [1.82, 2.24) is 23.8 Å². The molecular weight excluding hydrogens is 481 g/mol. The summed E-state index contributed by atoms with van der Waals surface area (Å²) in [4.78, 5) is 14.5. The van der Waals surface area contributed by atoms with E-state index in [1.54, 1.807) is 43.8 Å². The van der Waals surface area contributed by atoms with Gasteiger partial charge in [-0.05, 0) is 55.3 Å². The van der Waals surface area contributed by atoms with Gasteiger partial charge in [-0.25, -0.2) is 18.5 Å². The van der Waals surface area contributed by atoms with Crippen LogP contribution in [0.15, 0.2) is 59.8 Å². The fourth-order valence-corrected chi connectivity index (χ4v) is 5.94. The SMILES string of the molecule is COc1ccc(S(=O)N2CCC(n3c(-c4ncccc4Cl)nc4cccnc43)CC2)cc1Cl. The van der Waals surface area contributed by atoms with Gasteiger partial charge in [0.15, 0.2) is 11.5 Å². The van der Waals surface area contributed by atoms with Crippen molar-refractivity contribution in [2.45, 2.75) is 23.8 Å². The lowest BCUT2D eigenvalue weighted by atomic mass is 10.1. The molecule has 1 aliphatic rings. The smallest absolute Gasteiger partial charge is 0.162 e. The van der Waals surface area contributed by atoms with Crippen LogP contribution in [0.5, 0.6) is 5.75 Å². The van der Waals surface area contributed by atoms with Crippen molar-refractivity contribution in [2.75, 3.05) is 20.2 Å². The highest BCUT2D eigenvalue weighted by Crippen LogP contribution is 2.35. The van der Waals surface area contributed by atoms with Crippen LogP contribution in [0.4, 0.5) is 0 Å². The number of ether oxygens (including phenoxy) is 1. The third kappa shape index (κ3) is 4.24. The lowest BCUT2D eigenvalue weighted by Gasteiger charge is -2.32. The second-order valence-corrected chi connectivity index (χ2v) is 9.99.